The standard InChI is InChI=1S/C26H33NO7S/c1-6-33-19-13-16(8-9-18(19)28)22-21(26(31)34-10-11-35-7-2)15(4)27-17-12-14(3)20(25(30)32-5)24(29)23(17)22/h8-9,13-14,20,22,27-28H,6-7,10-12H2,1-5H3/t14-,20+,22-/m0/s1. The number of rotatable bonds is 9. The van der Waals surface area contributed by atoms with Crippen LogP contribution in [0.1, 0.15) is 45.6 Å². The summed E-state index contributed by atoms with van der Waals surface area (Å²) < 4.78 is 16.1. The van der Waals surface area contributed by atoms with Gasteiger partial charge in [-0.25, -0.2) is 4.79 Å². The molecule has 9 heteroatoms. The first-order valence-corrected chi connectivity index (χ1v) is 12.9. The van der Waals surface area contributed by atoms with Gasteiger partial charge in [0.1, 0.15) is 12.5 Å². The summed E-state index contributed by atoms with van der Waals surface area (Å²) in [5.74, 6) is -1.76. The van der Waals surface area contributed by atoms with E-state index < -0.39 is 23.8 Å². The van der Waals surface area contributed by atoms with Crippen LogP contribution >= 0.6 is 11.8 Å². The number of ketones is 1. The van der Waals surface area contributed by atoms with Gasteiger partial charge >= 0.3 is 11.9 Å². The summed E-state index contributed by atoms with van der Waals surface area (Å²) in [4.78, 5) is 39.6. The van der Waals surface area contributed by atoms with Crippen molar-refractivity contribution in [2.45, 2.75) is 40.0 Å². The first-order valence-electron chi connectivity index (χ1n) is 11.8. The van der Waals surface area contributed by atoms with Gasteiger partial charge in [-0.05, 0) is 49.6 Å². The van der Waals surface area contributed by atoms with Crippen LogP contribution in [0.2, 0.25) is 0 Å². The number of carbonyl (C=O) groups is 3. The largest absolute Gasteiger partial charge is 0.504 e. The number of esters is 2. The van der Waals surface area contributed by atoms with Gasteiger partial charge in [0.15, 0.2) is 17.3 Å². The number of thioether (sulfide) groups is 1. The van der Waals surface area contributed by atoms with Gasteiger partial charge < -0.3 is 24.6 Å². The summed E-state index contributed by atoms with van der Waals surface area (Å²) in [6.45, 7) is 8.01. The third-order valence-electron chi connectivity index (χ3n) is 6.24. The Bertz CT molecular complexity index is 1060. The lowest BCUT2D eigenvalue weighted by atomic mass is 9.69. The minimum absolute atomic E-state index is 0.0452. The quantitative estimate of drug-likeness (QED) is 0.296. The Morgan fingerprint density at radius 3 is 2.66 bits per heavy atom. The molecule has 1 aliphatic heterocycles. The Labute approximate surface area is 210 Å². The number of ether oxygens (including phenoxy) is 3. The van der Waals surface area contributed by atoms with Gasteiger partial charge in [-0.15, -0.1) is 0 Å². The van der Waals surface area contributed by atoms with Gasteiger partial charge in [-0.3, -0.25) is 9.59 Å². The number of hydrogen-bond acceptors (Lipinski definition) is 9. The summed E-state index contributed by atoms with van der Waals surface area (Å²) >= 11 is 1.66. The number of Topliss-reactive ketones (excluding diaryl/α,β-unsaturated/α-hetero) is 1. The fourth-order valence-corrected chi connectivity index (χ4v) is 5.17. The highest BCUT2D eigenvalue weighted by molar-refractivity contribution is 7.99. The average molecular weight is 504 g/mol. The molecule has 3 atom stereocenters. The maximum absolute atomic E-state index is 13.7. The lowest BCUT2D eigenvalue weighted by Crippen LogP contribution is -2.43. The van der Waals surface area contributed by atoms with E-state index in [9.17, 15) is 19.5 Å². The number of phenolic OH excluding ortho intramolecular Hbond substituents is 1. The second-order valence-corrected chi connectivity index (χ2v) is 9.92. The molecule has 0 fully saturated rings. The highest BCUT2D eigenvalue weighted by atomic mass is 32.2. The minimum Gasteiger partial charge on any atom is -0.504 e. The normalized spacial score (nSPS) is 21.9. The smallest absolute Gasteiger partial charge is 0.336 e. The third kappa shape index (κ3) is 5.50. The number of aromatic hydroxyl groups is 1. The predicted octanol–water partition coefficient (Wildman–Crippen LogP) is 3.70. The molecule has 0 spiro atoms. The first-order chi connectivity index (χ1) is 16.7. The summed E-state index contributed by atoms with van der Waals surface area (Å²) in [5.41, 5.74) is 2.48. The van der Waals surface area contributed by atoms with Crippen molar-refractivity contribution in [3.8, 4) is 11.5 Å². The van der Waals surface area contributed by atoms with Crippen LogP contribution in [0.25, 0.3) is 0 Å². The van der Waals surface area contributed by atoms with Crippen LogP contribution in [0.4, 0.5) is 0 Å². The topological polar surface area (TPSA) is 111 Å². The van der Waals surface area contributed by atoms with E-state index in [0.29, 0.717) is 46.9 Å². The molecule has 3 rings (SSSR count). The van der Waals surface area contributed by atoms with Gasteiger partial charge in [0.05, 0.1) is 19.3 Å². The number of phenols is 1. The molecule has 0 saturated carbocycles. The predicted molar refractivity (Wildman–Crippen MR) is 133 cm³/mol. The van der Waals surface area contributed by atoms with Gasteiger partial charge in [0.25, 0.3) is 0 Å². The van der Waals surface area contributed by atoms with E-state index in [2.05, 4.69) is 5.32 Å². The van der Waals surface area contributed by atoms with E-state index in [1.165, 1.54) is 13.2 Å². The highest BCUT2D eigenvalue weighted by Crippen LogP contribution is 2.46. The summed E-state index contributed by atoms with van der Waals surface area (Å²) in [5, 5.41) is 13.5. The lowest BCUT2D eigenvalue weighted by molar-refractivity contribution is -0.151. The van der Waals surface area contributed by atoms with Crippen molar-refractivity contribution in [2.24, 2.45) is 11.8 Å². The summed E-state index contributed by atoms with van der Waals surface area (Å²) in [6, 6.07) is 4.77. The van der Waals surface area contributed by atoms with Gasteiger partial charge in [-0.1, -0.05) is 19.9 Å². The number of dihydropyridines is 1. The zero-order chi connectivity index (χ0) is 25.7. The van der Waals surface area contributed by atoms with Crippen LogP contribution < -0.4 is 10.1 Å². The Balaban J connectivity index is 2.12. The molecule has 1 aromatic rings. The molecule has 0 radical (unpaired) electrons. The fourth-order valence-electron chi connectivity index (χ4n) is 4.68. The van der Waals surface area contributed by atoms with Crippen LogP contribution in [0.15, 0.2) is 40.7 Å². The van der Waals surface area contributed by atoms with Crippen LogP contribution in [0.3, 0.4) is 0 Å². The number of methoxy groups -OCH3 is 1. The molecule has 1 heterocycles. The van der Waals surface area contributed by atoms with Crippen molar-refractivity contribution in [3.63, 3.8) is 0 Å². The molecule has 2 N–H and O–H groups in total. The Morgan fingerprint density at radius 2 is 2.00 bits per heavy atom. The SMILES string of the molecule is CCOc1cc([C@H]2C(C(=O)OCCSCC)=C(C)NC3=C2C(=O)[C@H](C(=O)OC)[C@@H](C)C3)ccc1O. The minimum atomic E-state index is -0.969. The summed E-state index contributed by atoms with van der Waals surface area (Å²) in [6.07, 6.45) is 0.445. The Morgan fingerprint density at radius 1 is 1.26 bits per heavy atom. The molecule has 35 heavy (non-hydrogen) atoms. The van der Waals surface area contributed by atoms with Crippen molar-refractivity contribution in [1.29, 1.82) is 0 Å². The first kappa shape index (κ1) is 26.7. The fraction of sp³-hybridized carbons (Fsp3) is 0.500. The second-order valence-electron chi connectivity index (χ2n) is 8.53. The second kappa shape index (κ2) is 11.7. The molecule has 8 nitrogen and oxygen atoms in total. The van der Waals surface area contributed by atoms with Gasteiger partial charge in [-0.2, -0.15) is 11.8 Å². The van der Waals surface area contributed by atoms with Gasteiger partial charge in [0, 0.05) is 28.6 Å². The maximum Gasteiger partial charge on any atom is 0.336 e. The number of allylic oxidation sites excluding steroid dienone is 3. The molecule has 0 unspecified atom stereocenters. The number of carbonyl (C=O) groups excluding carboxylic acids is 3. The summed E-state index contributed by atoms with van der Waals surface area (Å²) in [7, 11) is 1.26. The number of benzene rings is 1. The monoisotopic (exact) mass is 503 g/mol. The van der Waals surface area contributed by atoms with E-state index >= 15 is 0 Å². The Kier molecular flexibility index (Phi) is 8.88. The number of nitrogens with one attached hydrogen (secondary N) is 1. The molecule has 190 valence electrons. The van der Waals surface area contributed by atoms with E-state index in [1.54, 1.807) is 37.7 Å². The molecule has 0 aromatic heterocycles. The molecule has 1 aromatic carbocycles. The van der Waals surface area contributed by atoms with Crippen LogP contribution in [-0.2, 0) is 23.9 Å². The molecule has 1 aliphatic carbocycles. The zero-order valence-corrected chi connectivity index (χ0v) is 21.6. The zero-order valence-electron chi connectivity index (χ0n) is 20.8. The average Bonchev–Trinajstić information content (AvgIpc) is 2.82. The van der Waals surface area contributed by atoms with E-state index in [4.69, 9.17) is 14.2 Å². The van der Waals surface area contributed by atoms with Crippen molar-refractivity contribution >= 4 is 29.5 Å². The molecular formula is C26H33NO7S. The van der Waals surface area contributed by atoms with Crippen LogP contribution in [0.5, 0.6) is 11.5 Å². The molecule has 0 bridgehead atoms. The van der Waals surface area contributed by atoms with Crippen molar-refractivity contribution < 1.29 is 33.7 Å². The van der Waals surface area contributed by atoms with Crippen molar-refractivity contribution in [2.75, 3.05) is 31.8 Å². The van der Waals surface area contributed by atoms with E-state index in [0.717, 1.165) is 5.75 Å². The van der Waals surface area contributed by atoms with Crippen molar-refractivity contribution in [1.82, 2.24) is 5.32 Å². The van der Waals surface area contributed by atoms with Crippen molar-refractivity contribution in [3.05, 3.63) is 46.3 Å². The highest BCUT2D eigenvalue weighted by Gasteiger charge is 2.47. The van der Waals surface area contributed by atoms with E-state index in [-0.39, 0.29) is 29.8 Å². The van der Waals surface area contributed by atoms with Gasteiger partial charge in [0.2, 0.25) is 0 Å². The van der Waals surface area contributed by atoms with Crippen LogP contribution in [-0.4, -0.2) is 54.7 Å². The molecule has 2 aliphatic rings. The lowest BCUT2D eigenvalue weighted by Gasteiger charge is -2.38. The Hall–Kier alpha value is -2.94. The molecule has 0 saturated heterocycles. The molecular weight excluding hydrogens is 470 g/mol. The van der Waals surface area contributed by atoms with Crippen LogP contribution in [0, 0.1) is 11.8 Å². The maximum atomic E-state index is 13.7. The molecule has 0 amide bonds. The van der Waals surface area contributed by atoms with E-state index in [1.807, 2.05) is 13.8 Å². The third-order valence-corrected chi connectivity index (χ3v) is 7.11. The number of hydrogen-bond donors (Lipinski definition) is 2.